The number of hydrogen-bond donors (Lipinski definition) is 3. The molecular formula is C15H11F9N2O4. The average Bonchev–Trinajstić information content (AvgIpc) is 2.56. The fourth-order valence-corrected chi connectivity index (χ4v) is 1.91. The molecule has 1 atom stereocenters. The highest BCUT2D eigenvalue weighted by atomic mass is 19.4. The van der Waals surface area contributed by atoms with Crippen LogP contribution in [-0.4, -0.2) is 47.2 Å². The number of benzene rings is 1. The second kappa shape index (κ2) is 8.12. The molecule has 2 amide bonds. The average molecular weight is 454 g/mol. The molecule has 0 fully saturated rings. The summed E-state index contributed by atoms with van der Waals surface area (Å²) in [6.07, 6.45) is -16.4. The highest BCUT2D eigenvalue weighted by Crippen LogP contribution is 2.36. The monoisotopic (exact) mass is 454 g/mol. The summed E-state index contributed by atoms with van der Waals surface area (Å²) in [6, 6.07) is 0.589. The number of hydrogen-bond acceptors (Lipinski definition) is 4. The van der Waals surface area contributed by atoms with E-state index in [1.54, 1.807) is 5.32 Å². The van der Waals surface area contributed by atoms with Crippen LogP contribution in [0, 0.1) is 0 Å². The van der Waals surface area contributed by atoms with E-state index in [9.17, 15) is 59.0 Å². The first-order valence-corrected chi connectivity index (χ1v) is 7.48. The van der Waals surface area contributed by atoms with Crippen LogP contribution in [0.1, 0.15) is 22.8 Å². The second-order valence-electron chi connectivity index (χ2n) is 5.99. The van der Waals surface area contributed by atoms with Crippen molar-refractivity contribution in [1.29, 1.82) is 0 Å². The first kappa shape index (κ1) is 25.2. The highest BCUT2D eigenvalue weighted by molar-refractivity contribution is 6.03. The van der Waals surface area contributed by atoms with Crippen LogP contribution in [0.15, 0.2) is 18.2 Å². The molecule has 0 aromatic heterocycles. The molecule has 1 aromatic carbocycles. The van der Waals surface area contributed by atoms with Gasteiger partial charge in [0.25, 0.3) is 11.7 Å². The minimum Gasteiger partial charge on any atom is -0.378 e. The maximum absolute atomic E-state index is 13.0. The Morgan fingerprint density at radius 3 is 1.87 bits per heavy atom. The standard InChI is InChI=1S/C15H11F9N2O4/c1-12(30,5-25-11(29)15(22,23)24)10(28)26-6-2-3-7(9(27)14(19,20)21)8(4-6)13(16,17)18/h2-4,30H,5H2,1H3,(H,25,29)(H,26,28). The maximum atomic E-state index is 13.0. The van der Waals surface area contributed by atoms with Gasteiger partial charge in [0.2, 0.25) is 0 Å². The third kappa shape index (κ3) is 6.33. The number of aliphatic hydroxyl groups is 1. The Bertz CT molecular complexity index is 842. The van der Waals surface area contributed by atoms with Gasteiger partial charge in [-0.2, -0.15) is 39.5 Å². The molecule has 0 spiro atoms. The number of anilines is 1. The van der Waals surface area contributed by atoms with Gasteiger partial charge in [-0.25, -0.2) is 0 Å². The summed E-state index contributed by atoms with van der Waals surface area (Å²) in [5.41, 5.74) is -7.38. The van der Waals surface area contributed by atoms with Crippen molar-refractivity contribution in [3.63, 3.8) is 0 Å². The number of alkyl halides is 9. The van der Waals surface area contributed by atoms with Crippen molar-refractivity contribution in [3.8, 4) is 0 Å². The van der Waals surface area contributed by atoms with Crippen LogP contribution in [0.3, 0.4) is 0 Å². The van der Waals surface area contributed by atoms with E-state index in [-0.39, 0.29) is 12.1 Å². The van der Waals surface area contributed by atoms with Crippen LogP contribution in [0.4, 0.5) is 45.2 Å². The van der Waals surface area contributed by atoms with Crippen molar-refractivity contribution in [3.05, 3.63) is 29.3 Å². The Balaban J connectivity index is 3.12. The molecular weight excluding hydrogens is 443 g/mol. The van der Waals surface area contributed by atoms with Gasteiger partial charge in [-0.3, -0.25) is 14.4 Å². The molecule has 0 aliphatic heterocycles. The zero-order valence-corrected chi connectivity index (χ0v) is 14.5. The minimum atomic E-state index is -5.62. The van der Waals surface area contributed by atoms with Crippen LogP contribution in [-0.2, 0) is 15.8 Å². The number of halogens is 9. The topological polar surface area (TPSA) is 95.5 Å². The lowest BCUT2D eigenvalue weighted by Gasteiger charge is -2.23. The van der Waals surface area contributed by atoms with Gasteiger partial charge in [-0.1, -0.05) is 0 Å². The molecule has 0 aliphatic carbocycles. The molecule has 3 N–H and O–H groups in total. The Kier molecular flexibility index (Phi) is 6.82. The van der Waals surface area contributed by atoms with Gasteiger partial charge < -0.3 is 15.7 Å². The summed E-state index contributed by atoms with van der Waals surface area (Å²) in [7, 11) is 0. The first-order valence-electron chi connectivity index (χ1n) is 7.48. The van der Waals surface area contributed by atoms with Crippen LogP contribution >= 0.6 is 0 Å². The predicted molar refractivity (Wildman–Crippen MR) is 80.1 cm³/mol. The summed E-state index contributed by atoms with van der Waals surface area (Å²) in [5.74, 6) is -6.90. The molecule has 0 aliphatic rings. The summed E-state index contributed by atoms with van der Waals surface area (Å²) in [6.45, 7) is -0.681. The van der Waals surface area contributed by atoms with Crippen LogP contribution < -0.4 is 10.6 Å². The van der Waals surface area contributed by atoms with Crippen molar-refractivity contribution >= 4 is 23.3 Å². The second-order valence-corrected chi connectivity index (χ2v) is 5.99. The van der Waals surface area contributed by atoms with E-state index >= 15 is 0 Å². The van der Waals surface area contributed by atoms with Gasteiger partial charge in [0, 0.05) is 11.3 Å². The zero-order valence-electron chi connectivity index (χ0n) is 14.5. The van der Waals surface area contributed by atoms with Gasteiger partial charge in [0.1, 0.15) is 0 Å². The maximum Gasteiger partial charge on any atom is 0.471 e. The molecule has 1 aromatic rings. The Morgan fingerprint density at radius 1 is 0.900 bits per heavy atom. The third-order valence-electron chi connectivity index (χ3n) is 3.42. The Hall–Kier alpha value is -2.84. The van der Waals surface area contributed by atoms with Crippen LogP contribution in [0.25, 0.3) is 0 Å². The SMILES string of the molecule is CC(O)(CNC(=O)C(F)(F)F)C(=O)Nc1ccc(C(=O)C(F)(F)F)c(C(F)(F)F)c1. The fraction of sp³-hybridized carbons (Fsp3) is 0.400. The van der Waals surface area contributed by atoms with E-state index in [4.69, 9.17) is 0 Å². The van der Waals surface area contributed by atoms with Crippen molar-refractivity contribution in [2.45, 2.75) is 31.1 Å². The first-order chi connectivity index (χ1) is 13.3. The molecule has 30 heavy (non-hydrogen) atoms. The Morgan fingerprint density at radius 2 is 1.43 bits per heavy atom. The molecule has 0 bridgehead atoms. The number of nitrogens with one attached hydrogen (secondary N) is 2. The molecule has 0 saturated carbocycles. The third-order valence-corrected chi connectivity index (χ3v) is 3.42. The van der Waals surface area contributed by atoms with E-state index in [1.165, 1.54) is 5.32 Å². The van der Waals surface area contributed by atoms with E-state index in [0.29, 0.717) is 13.0 Å². The largest absolute Gasteiger partial charge is 0.471 e. The van der Waals surface area contributed by atoms with E-state index < -0.39 is 65.1 Å². The van der Waals surface area contributed by atoms with Crippen molar-refractivity contribution in [2.75, 3.05) is 11.9 Å². The molecule has 0 saturated heterocycles. The number of carbonyl (C=O) groups excluding carboxylic acids is 3. The van der Waals surface area contributed by atoms with Crippen molar-refractivity contribution in [2.24, 2.45) is 0 Å². The number of amides is 2. The molecule has 168 valence electrons. The normalized spacial score (nSPS) is 14.6. The molecule has 15 heteroatoms. The molecule has 6 nitrogen and oxygen atoms in total. The number of ketones is 1. The van der Waals surface area contributed by atoms with E-state index in [2.05, 4.69) is 0 Å². The summed E-state index contributed by atoms with van der Waals surface area (Å²) in [5, 5.41) is 12.6. The number of carbonyl (C=O) groups is 3. The van der Waals surface area contributed by atoms with Crippen molar-refractivity contribution < 1.29 is 59.0 Å². The van der Waals surface area contributed by atoms with Gasteiger partial charge in [-0.05, 0) is 25.1 Å². The number of Topliss-reactive ketones (excluding diaryl/α,β-unsaturated/α-hetero) is 1. The molecule has 0 heterocycles. The fourth-order valence-electron chi connectivity index (χ4n) is 1.91. The lowest BCUT2D eigenvalue weighted by atomic mass is 10.0. The van der Waals surface area contributed by atoms with Crippen LogP contribution in [0.2, 0.25) is 0 Å². The molecule has 0 radical (unpaired) electrons. The van der Waals surface area contributed by atoms with Crippen molar-refractivity contribution in [1.82, 2.24) is 5.32 Å². The smallest absolute Gasteiger partial charge is 0.378 e. The lowest BCUT2D eigenvalue weighted by Crippen LogP contribution is -2.51. The van der Waals surface area contributed by atoms with E-state index in [0.717, 1.165) is 0 Å². The summed E-state index contributed by atoms with van der Waals surface area (Å²) >= 11 is 0. The number of rotatable bonds is 5. The summed E-state index contributed by atoms with van der Waals surface area (Å²) < 4.78 is 113. The van der Waals surface area contributed by atoms with Crippen LogP contribution in [0.5, 0.6) is 0 Å². The predicted octanol–water partition coefficient (Wildman–Crippen LogP) is 2.82. The molecule has 1 rings (SSSR count). The quantitative estimate of drug-likeness (QED) is 0.471. The highest BCUT2D eigenvalue weighted by Gasteiger charge is 2.45. The van der Waals surface area contributed by atoms with Gasteiger partial charge in [0.15, 0.2) is 5.60 Å². The Labute approximate surface area is 161 Å². The van der Waals surface area contributed by atoms with Gasteiger partial charge >= 0.3 is 24.4 Å². The zero-order chi connectivity index (χ0) is 23.7. The van der Waals surface area contributed by atoms with E-state index in [1.807, 2.05) is 0 Å². The molecule has 1 unspecified atom stereocenters. The van der Waals surface area contributed by atoms with Gasteiger partial charge in [0.05, 0.1) is 12.1 Å². The lowest BCUT2D eigenvalue weighted by molar-refractivity contribution is -0.174. The summed E-state index contributed by atoms with van der Waals surface area (Å²) in [4.78, 5) is 33.8. The minimum absolute atomic E-state index is 0.0265. The van der Waals surface area contributed by atoms with Gasteiger partial charge in [-0.15, -0.1) is 0 Å².